The van der Waals surface area contributed by atoms with Crippen molar-refractivity contribution >= 4 is 29.1 Å². The lowest BCUT2D eigenvalue weighted by Gasteiger charge is -2.07. The van der Waals surface area contributed by atoms with E-state index in [2.05, 4.69) is 15.2 Å². The Kier molecular flexibility index (Phi) is 5.52. The summed E-state index contributed by atoms with van der Waals surface area (Å²) >= 11 is 6.81. The van der Waals surface area contributed by atoms with Gasteiger partial charge in [0.25, 0.3) is 11.1 Å². The monoisotopic (exact) mass is 413 g/mol. The fourth-order valence-electron chi connectivity index (χ4n) is 2.17. The Morgan fingerprint density at radius 2 is 1.85 bits per heavy atom. The molecule has 0 N–H and O–H groups in total. The molecule has 27 heavy (non-hydrogen) atoms. The predicted octanol–water partition coefficient (Wildman–Crippen LogP) is 5.09. The molecule has 0 unspecified atom stereocenters. The standard InChI is InChI=1S/C17H11ClF3N3O2S/c1-9-12(6-7-14(22-9)17(19,20)21)15-23-24-16(26-15)27-8-13(25)10-2-4-11(18)5-3-10/h2-7H,8H2,1H3. The van der Waals surface area contributed by atoms with E-state index >= 15 is 0 Å². The van der Waals surface area contributed by atoms with Crippen molar-refractivity contribution in [3.05, 3.63) is 58.4 Å². The van der Waals surface area contributed by atoms with Gasteiger partial charge in [-0.2, -0.15) is 13.2 Å². The van der Waals surface area contributed by atoms with Crippen molar-refractivity contribution in [3.8, 4) is 11.5 Å². The molecule has 0 aliphatic heterocycles. The minimum Gasteiger partial charge on any atom is -0.411 e. The second-order valence-corrected chi connectivity index (χ2v) is 6.78. The Hall–Kier alpha value is -2.39. The van der Waals surface area contributed by atoms with Crippen LogP contribution in [0.5, 0.6) is 0 Å². The van der Waals surface area contributed by atoms with Crippen LogP contribution in [0.2, 0.25) is 5.02 Å². The largest absolute Gasteiger partial charge is 0.433 e. The maximum atomic E-state index is 12.7. The number of aromatic nitrogens is 3. The van der Waals surface area contributed by atoms with Gasteiger partial charge in [-0.3, -0.25) is 4.79 Å². The number of pyridine rings is 1. The van der Waals surface area contributed by atoms with E-state index < -0.39 is 11.9 Å². The van der Waals surface area contributed by atoms with Crippen LogP contribution in [0.1, 0.15) is 21.7 Å². The van der Waals surface area contributed by atoms with E-state index in [0.29, 0.717) is 16.1 Å². The molecule has 0 bridgehead atoms. The van der Waals surface area contributed by atoms with Gasteiger partial charge in [0.1, 0.15) is 5.69 Å². The van der Waals surface area contributed by atoms with E-state index in [1.165, 1.54) is 13.0 Å². The normalized spacial score (nSPS) is 11.6. The molecule has 0 amide bonds. The number of carbonyl (C=O) groups excluding carboxylic acids is 1. The van der Waals surface area contributed by atoms with Gasteiger partial charge >= 0.3 is 6.18 Å². The number of hydrogen-bond donors (Lipinski definition) is 0. The lowest BCUT2D eigenvalue weighted by molar-refractivity contribution is -0.141. The first kappa shape index (κ1) is 19.4. The first-order chi connectivity index (χ1) is 12.7. The molecule has 0 saturated heterocycles. The molecule has 0 fully saturated rings. The van der Waals surface area contributed by atoms with Gasteiger partial charge in [0.2, 0.25) is 0 Å². The Bertz CT molecular complexity index is 974. The fraction of sp³-hybridized carbons (Fsp3) is 0.176. The summed E-state index contributed by atoms with van der Waals surface area (Å²) in [6, 6.07) is 8.54. The van der Waals surface area contributed by atoms with Crippen molar-refractivity contribution in [2.24, 2.45) is 0 Å². The molecule has 0 aliphatic carbocycles. The Balaban J connectivity index is 1.70. The molecular weight excluding hydrogens is 403 g/mol. The summed E-state index contributed by atoms with van der Waals surface area (Å²) in [5, 5.41) is 8.28. The minimum absolute atomic E-state index is 0.0372. The molecule has 3 rings (SSSR count). The van der Waals surface area contributed by atoms with Gasteiger partial charge in [-0.25, -0.2) is 4.98 Å². The van der Waals surface area contributed by atoms with E-state index in [1.807, 2.05) is 0 Å². The molecular formula is C17H11ClF3N3O2S. The zero-order valence-corrected chi connectivity index (χ0v) is 15.3. The van der Waals surface area contributed by atoms with Gasteiger partial charge in [-0.05, 0) is 43.3 Å². The summed E-state index contributed by atoms with van der Waals surface area (Å²) in [4.78, 5) is 15.6. The highest BCUT2D eigenvalue weighted by atomic mass is 35.5. The molecule has 140 valence electrons. The number of halogens is 4. The average Bonchev–Trinajstić information content (AvgIpc) is 3.08. The minimum atomic E-state index is -4.53. The predicted molar refractivity (Wildman–Crippen MR) is 93.8 cm³/mol. The molecule has 0 spiro atoms. The smallest absolute Gasteiger partial charge is 0.411 e. The Morgan fingerprint density at radius 3 is 2.48 bits per heavy atom. The van der Waals surface area contributed by atoms with E-state index in [4.69, 9.17) is 16.0 Å². The number of benzene rings is 1. The molecule has 2 heterocycles. The third-order valence-corrected chi connectivity index (χ3v) is 4.58. The Morgan fingerprint density at radius 1 is 1.15 bits per heavy atom. The van der Waals surface area contributed by atoms with Gasteiger partial charge in [-0.1, -0.05) is 23.4 Å². The maximum absolute atomic E-state index is 12.7. The highest BCUT2D eigenvalue weighted by Crippen LogP contribution is 2.31. The van der Waals surface area contributed by atoms with Crippen molar-refractivity contribution in [1.29, 1.82) is 0 Å². The molecule has 0 radical (unpaired) electrons. The zero-order chi connectivity index (χ0) is 19.6. The molecule has 1 aromatic carbocycles. The number of ketones is 1. The fourth-order valence-corrected chi connectivity index (χ4v) is 2.95. The van der Waals surface area contributed by atoms with Crippen molar-refractivity contribution in [2.45, 2.75) is 18.3 Å². The molecule has 0 atom stereocenters. The van der Waals surface area contributed by atoms with Gasteiger partial charge < -0.3 is 4.42 Å². The summed E-state index contributed by atoms with van der Waals surface area (Å²) in [6.45, 7) is 1.42. The van der Waals surface area contributed by atoms with Crippen LogP contribution in [0.25, 0.3) is 11.5 Å². The third-order valence-electron chi connectivity index (χ3n) is 3.51. The molecule has 3 aromatic rings. The van der Waals surface area contributed by atoms with E-state index in [0.717, 1.165) is 17.8 Å². The average molecular weight is 414 g/mol. The summed E-state index contributed by atoms with van der Waals surface area (Å²) in [6.07, 6.45) is -4.53. The highest BCUT2D eigenvalue weighted by molar-refractivity contribution is 7.99. The first-order valence-electron chi connectivity index (χ1n) is 7.54. The van der Waals surface area contributed by atoms with Crippen LogP contribution in [0.15, 0.2) is 46.0 Å². The second-order valence-electron chi connectivity index (χ2n) is 5.42. The van der Waals surface area contributed by atoms with E-state index in [-0.39, 0.29) is 28.3 Å². The molecule has 5 nitrogen and oxygen atoms in total. The summed E-state index contributed by atoms with van der Waals surface area (Å²) in [5.41, 5.74) is -0.0884. The quantitative estimate of drug-likeness (QED) is 0.429. The van der Waals surface area contributed by atoms with Gasteiger partial charge in [0.05, 0.1) is 17.0 Å². The molecule has 0 aliphatic rings. The van der Waals surface area contributed by atoms with Crippen molar-refractivity contribution in [2.75, 3.05) is 5.75 Å². The Labute approximate surface area is 161 Å². The van der Waals surface area contributed by atoms with Gasteiger partial charge in [0.15, 0.2) is 5.78 Å². The van der Waals surface area contributed by atoms with Crippen LogP contribution in [0.4, 0.5) is 13.2 Å². The van der Waals surface area contributed by atoms with Crippen LogP contribution < -0.4 is 0 Å². The number of alkyl halides is 3. The van der Waals surface area contributed by atoms with Crippen LogP contribution in [-0.4, -0.2) is 26.7 Å². The van der Waals surface area contributed by atoms with Crippen molar-refractivity contribution in [1.82, 2.24) is 15.2 Å². The molecule has 10 heteroatoms. The maximum Gasteiger partial charge on any atom is 0.433 e. The first-order valence-corrected chi connectivity index (χ1v) is 8.90. The third kappa shape index (κ3) is 4.67. The summed E-state index contributed by atoms with van der Waals surface area (Å²) in [5.74, 6) is -0.0491. The molecule has 2 aromatic heterocycles. The van der Waals surface area contributed by atoms with Crippen molar-refractivity contribution < 1.29 is 22.4 Å². The highest BCUT2D eigenvalue weighted by Gasteiger charge is 2.33. The topological polar surface area (TPSA) is 68.9 Å². The van der Waals surface area contributed by atoms with Gasteiger partial charge in [-0.15, -0.1) is 10.2 Å². The number of nitrogens with zero attached hydrogens (tertiary/aromatic N) is 3. The molecule has 0 saturated carbocycles. The van der Waals surface area contributed by atoms with E-state index in [9.17, 15) is 18.0 Å². The van der Waals surface area contributed by atoms with Crippen molar-refractivity contribution in [3.63, 3.8) is 0 Å². The SMILES string of the molecule is Cc1nc(C(F)(F)F)ccc1-c1nnc(SCC(=O)c2ccc(Cl)cc2)o1. The van der Waals surface area contributed by atoms with Gasteiger partial charge in [0, 0.05) is 10.6 Å². The van der Waals surface area contributed by atoms with Crippen LogP contribution in [0, 0.1) is 6.92 Å². The number of rotatable bonds is 5. The zero-order valence-electron chi connectivity index (χ0n) is 13.7. The lowest BCUT2D eigenvalue weighted by atomic mass is 10.1. The number of hydrogen-bond acceptors (Lipinski definition) is 6. The van der Waals surface area contributed by atoms with E-state index in [1.54, 1.807) is 24.3 Å². The summed E-state index contributed by atoms with van der Waals surface area (Å²) in [7, 11) is 0. The lowest BCUT2D eigenvalue weighted by Crippen LogP contribution is -2.08. The number of aryl methyl sites for hydroxylation is 1. The van der Waals surface area contributed by atoms with Crippen LogP contribution in [-0.2, 0) is 6.18 Å². The number of carbonyl (C=O) groups is 1. The van der Waals surface area contributed by atoms with Crippen LogP contribution >= 0.6 is 23.4 Å². The second kappa shape index (κ2) is 7.69. The number of thioether (sulfide) groups is 1. The summed E-state index contributed by atoms with van der Waals surface area (Å²) < 4.78 is 43.5. The number of Topliss-reactive ketones (excluding diaryl/α,β-unsaturated/α-hetero) is 1. The van der Waals surface area contributed by atoms with Crippen LogP contribution in [0.3, 0.4) is 0 Å².